The van der Waals surface area contributed by atoms with Gasteiger partial charge in [-0.1, -0.05) is 24.3 Å². The quantitative estimate of drug-likeness (QED) is 0.669. The normalized spacial score (nSPS) is 17.0. The number of hydrogen-bond donors (Lipinski definition) is 0. The Morgan fingerprint density at radius 1 is 1.17 bits per heavy atom. The number of fused-ring (bicyclic) bond motifs is 1. The Bertz CT molecular complexity index is 1060. The lowest BCUT2D eigenvalue weighted by Crippen LogP contribution is -2.39. The Labute approximate surface area is 176 Å². The zero-order chi connectivity index (χ0) is 21.1. The molecule has 2 amide bonds. The fourth-order valence-electron chi connectivity index (χ4n) is 4.13. The zero-order valence-corrected chi connectivity index (χ0v) is 17.5. The number of hydrogen-bond acceptors (Lipinski definition) is 4. The molecule has 1 saturated heterocycles. The average Bonchev–Trinajstić information content (AvgIpc) is 3.01. The molecule has 2 aromatic heterocycles. The zero-order valence-electron chi connectivity index (χ0n) is 17.5. The second-order valence-electron chi connectivity index (χ2n) is 7.98. The smallest absolute Gasteiger partial charge is 0.273 e. The van der Waals surface area contributed by atoms with Crippen LogP contribution in [0.5, 0.6) is 0 Å². The summed E-state index contributed by atoms with van der Waals surface area (Å²) in [5.41, 5.74) is 1.53. The number of aromatic nitrogens is 3. The molecule has 1 aliphatic heterocycles. The first-order valence-electron chi connectivity index (χ1n) is 10.4. The van der Waals surface area contributed by atoms with Gasteiger partial charge in [0.2, 0.25) is 5.91 Å². The molecule has 0 bridgehead atoms. The van der Waals surface area contributed by atoms with Crippen LogP contribution in [-0.4, -0.2) is 62.6 Å². The van der Waals surface area contributed by atoms with E-state index in [1.54, 1.807) is 22.0 Å². The van der Waals surface area contributed by atoms with Crippen molar-refractivity contribution in [1.29, 1.82) is 0 Å². The summed E-state index contributed by atoms with van der Waals surface area (Å²) in [6.07, 6.45) is 7.83. The standard InChI is InChI=1S/C23H27N5O2/c1-17-14-25-28(15-17)16-21(29)27-12-5-7-19(10-13-27)26(2)23(30)22-20-8-4-3-6-18(20)9-11-24-22/h3-4,6,8-9,11,14-15,19H,5,7,10,12-13,16H2,1-2H3/t19-/m0/s1. The highest BCUT2D eigenvalue weighted by molar-refractivity contribution is 6.05. The summed E-state index contributed by atoms with van der Waals surface area (Å²) < 4.78 is 1.68. The van der Waals surface area contributed by atoms with Gasteiger partial charge in [0, 0.05) is 44.0 Å². The number of carbonyl (C=O) groups is 2. The van der Waals surface area contributed by atoms with Gasteiger partial charge in [0.15, 0.2) is 0 Å². The first kappa shape index (κ1) is 20.1. The second-order valence-corrected chi connectivity index (χ2v) is 7.98. The van der Waals surface area contributed by atoms with Crippen LogP contribution in [0.25, 0.3) is 10.8 Å². The SMILES string of the molecule is Cc1cnn(CC(=O)N2CCC[C@H](N(C)C(=O)c3nccc4ccccc34)CC2)c1. The van der Waals surface area contributed by atoms with E-state index < -0.39 is 0 Å². The predicted molar refractivity (Wildman–Crippen MR) is 115 cm³/mol. The van der Waals surface area contributed by atoms with Gasteiger partial charge in [0.1, 0.15) is 12.2 Å². The van der Waals surface area contributed by atoms with E-state index in [0.29, 0.717) is 18.8 Å². The molecule has 0 N–H and O–H groups in total. The number of amides is 2. The van der Waals surface area contributed by atoms with Crippen molar-refractivity contribution in [3.63, 3.8) is 0 Å². The minimum atomic E-state index is -0.0661. The molecular weight excluding hydrogens is 378 g/mol. The van der Waals surface area contributed by atoms with E-state index in [0.717, 1.165) is 35.6 Å². The van der Waals surface area contributed by atoms with E-state index in [1.165, 1.54) is 0 Å². The average molecular weight is 406 g/mol. The predicted octanol–water partition coefficient (Wildman–Crippen LogP) is 2.89. The van der Waals surface area contributed by atoms with Crippen LogP contribution < -0.4 is 0 Å². The summed E-state index contributed by atoms with van der Waals surface area (Å²) in [6, 6.07) is 9.82. The lowest BCUT2D eigenvalue weighted by atomic mass is 10.1. The molecule has 3 heterocycles. The van der Waals surface area contributed by atoms with Crippen molar-refractivity contribution in [3.05, 3.63) is 60.2 Å². The van der Waals surface area contributed by atoms with Gasteiger partial charge in [-0.05, 0) is 43.2 Å². The molecule has 30 heavy (non-hydrogen) atoms. The summed E-state index contributed by atoms with van der Waals surface area (Å²) in [7, 11) is 1.85. The summed E-state index contributed by atoms with van der Waals surface area (Å²) in [6.45, 7) is 3.57. The maximum Gasteiger partial charge on any atom is 0.273 e. The monoisotopic (exact) mass is 405 g/mol. The van der Waals surface area contributed by atoms with E-state index in [1.807, 2.05) is 55.4 Å². The van der Waals surface area contributed by atoms with Gasteiger partial charge in [0.05, 0.1) is 6.20 Å². The lowest BCUT2D eigenvalue weighted by molar-refractivity contribution is -0.132. The van der Waals surface area contributed by atoms with Crippen LogP contribution >= 0.6 is 0 Å². The first-order chi connectivity index (χ1) is 14.5. The van der Waals surface area contributed by atoms with Gasteiger partial charge < -0.3 is 9.80 Å². The number of benzene rings is 1. The lowest BCUT2D eigenvalue weighted by Gasteiger charge is -2.27. The summed E-state index contributed by atoms with van der Waals surface area (Å²) in [4.78, 5) is 34.0. The third kappa shape index (κ3) is 4.20. The molecule has 1 atom stereocenters. The van der Waals surface area contributed by atoms with E-state index in [2.05, 4.69) is 10.1 Å². The maximum absolute atomic E-state index is 13.2. The molecular formula is C23H27N5O2. The van der Waals surface area contributed by atoms with Crippen molar-refractivity contribution in [2.45, 2.75) is 38.8 Å². The summed E-state index contributed by atoms with van der Waals surface area (Å²) >= 11 is 0. The molecule has 1 fully saturated rings. The van der Waals surface area contributed by atoms with Crippen molar-refractivity contribution < 1.29 is 9.59 Å². The molecule has 0 saturated carbocycles. The highest BCUT2D eigenvalue weighted by Gasteiger charge is 2.27. The van der Waals surface area contributed by atoms with Crippen LogP contribution in [0.15, 0.2) is 48.9 Å². The minimum absolute atomic E-state index is 0.0661. The molecule has 7 nitrogen and oxygen atoms in total. The molecule has 7 heteroatoms. The number of aryl methyl sites for hydroxylation is 1. The molecule has 0 spiro atoms. The topological polar surface area (TPSA) is 71.3 Å². The molecule has 1 aliphatic rings. The third-order valence-electron chi connectivity index (χ3n) is 5.85. The fraction of sp³-hybridized carbons (Fsp3) is 0.391. The minimum Gasteiger partial charge on any atom is -0.341 e. The Hall–Kier alpha value is -3.22. The Balaban J connectivity index is 1.42. The van der Waals surface area contributed by atoms with Gasteiger partial charge in [-0.2, -0.15) is 5.10 Å². The number of nitrogens with zero attached hydrogens (tertiary/aromatic N) is 5. The van der Waals surface area contributed by atoms with Gasteiger partial charge in [-0.3, -0.25) is 19.3 Å². The number of likely N-dealkylation sites (tertiary alicyclic amines) is 1. The van der Waals surface area contributed by atoms with Crippen LogP contribution in [0.1, 0.15) is 35.3 Å². The van der Waals surface area contributed by atoms with E-state index >= 15 is 0 Å². The number of pyridine rings is 1. The van der Waals surface area contributed by atoms with Crippen molar-refractivity contribution in [2.75, 3.05) is 20.1 Å². The Morgan fingerprint density at radius 2 is 2.00 bits per heavy atom. The largest absolute Gasteiger partial charge is 0.341 e. The maximum atomic E-state index is 13.2. The molecule has 156 valence electrons. The highest BCUT2D eigenvalue weighted by atomic mass is 16.2. The second kappa shape index (κ2) is 8.65. The third-order valence-corrected chi connectivity index (χ3v) is 5.85. The first-order valence-corrected chi connectivity index (χ1v) is 10.4. The van der Waals surface area contributed by atoms with E-state index in [9.17, 15) is 9.59 Å². The molecule has 4 rings (SSSR count). The molecule has 0 unspecified atom stereocenters. The van der Waals surface area contributed by atoms with Crippen molar-refractivity contribution in [2.24, 2.45) is 0 Å². The van der Waals surface area contributed by atoms with Crippen molar-refractivity contribution in [3.8, 4) is 0 Å². The van der Waals surface area contributed by atoms with E-state index in [4.69, 9.17) is 0 Å². The van der Waals surface area contributed by atoms with Gasteiger partial charge in [-0.25, -0.2) is 0 Å². The summed E-state index contributed by atoms with van der Waals surface area (Å²) in [5.74, 6) is 0.00652. The van der Waals surface area contributed by atoms with Gasteiger partial charge in [-0.15, -0.1) is 0 Å². The Kier molecular flexibility index (Phi) is 5.79. The van der Waals surface area contributed by atoms with Gasteiger partial charge in [0.25, 0.3) is 5.91 Å². The fourth-order valence-corrected chi connectivity index (χ4v) is 4.13. The van der Waals surface area contributed by atoms with Crippen LogP contribution in [0.2, 0.25) is 0 Å². The molecule has 1 aromatic carbocycles. The number of carbonyl (C=O) groups excluding carboxylic acids is 2. The van der Waals surface area contributed by atoms with Crippen LogP contribution in [0.4, 0.5) is 0 Å². The van der Waals surface area contributed by atoms with Crippen molar-refractivity contribution in [1.82, 2.24) is 24.6 Å². The van der Waals surface area contributed by atoms with Crippen molar-refractivity contribution >= 4 is 22.6 Å². The van der Waals surface area contributed by atoms with Crippen LogP contribution in [-0.2, 0) is 11.3 Å². The molecule has 0 radical (unpaired) electrons. The van der Waals surface area contributed by atoms with E-state index in [-0.39, 0.29) is 24.4 Å². The van der Waals surface area contributed by atoms with Crippen LogP contribution in [0.3, 0.4) is 0 Å². The Morgan fingerprint density at radius 3 is 2.80 bits per heavy atom. The summed E-state index contributed by atoms with van der Waals surface area (Å²) in [5, 5.41) is 6.09. The molecule has 0 aliphatic carbocycles. The van der Waals surface area contributed by atoms with Gasteiger partial charge >= 0.3 is 0 Å². The highest BCUT2D eigenvalue weighted by Crippen LogP contribution is 2.22. The number of rotatable bonds is 4. The molecule has 3 aromatic rings. The van der Waals surface area contributed by atoms with Crippen LogP contribution in [0, 0.1) is 6.92 Å².